The van der Waals surface area contributed by atoms with Crippen LogP contribution in [0.15, 0.2) is 0 Å². The minimum atomic E-state index is -1.32. The van der Waals surface area contributed by atoms with Crippen molar-refractivity contribution in [3.63, 3.8) is 0 Å². The summed E-state index contributed by atoms with van der Waals surface area (Å²) in [5, 5.41) is 0. The van der Waals surface area contributed by atoms with Crippen LogP contribution in [-0.4, -0.2) is 8.80 Å². The maximum Gasteiger partial charge on any atom is 0.275 e. The molecule has 0 fully saturated rings. The van der Waals surface area contributed by atoms with Gasteiger partial charge in [0.1, 0.15) is 0 Å². The summed E-state index contributed by atoms with van der Waals surface area (Å²) in [5.74, 6) is 8.53. The highest BCUT2D eigenvalue weighted by Crippen LogP contribution is 1.73. The van der Waals surface area contributed by atoms with E-state index in [1.807, 2.05) is 20.8 Å². The molecule has 0 saturated heterocycles. The third-order valence-electron chi connectivity index (χ3n) is 0.866. The molecule has 0 spiro atoms. The molecule has 0 aromatic rings. The first-order valence-corrected chi connectivity index (χ1v) is 4.85. The Balaban J connectivity index is 4.26. The van der Waals surface area contributed by atoms with E-state index in [0.29, 0.717) is 0 Å². The Labute approximate surface area is 64.6 Å². The summed E-state index contributed by atoms with van der Waals surface area (Å²) in [6.45, 7) is 5.48. The highest BCUT2D eigenvalue weighted by Gasteiger charge is 1.93. The van der Waals surface area contributed by atoms with Gasteiger partial charge in [0.25, 0.3) is 8.80 Å². The van der Waals surface area contributed by atoms with Gasteiger partial charge >= 0.3 is 0 Å². The van der Waals surface area contributed by atoms with Crippen molar-refractivity contribution in [2.24, 2.45) is 0 Å². The minimum absolute atomic E-state index is 1.32. The highest BCUT2D eigenvalue weighted by molar-refractivity contribution is 6.82. The second-order valence-corrected chi connectivity index (χ2v) is 3.35. The number of hydrogen-bond donors (Lipinski definition) is 0. The quantitative estimate of drug-likeness (QED) is 0.352. The van der Waals surface area contributed by atoms with Crippen LogP contribution in [0.5, 0.6) is 0 Å². The number of hydrogen-bond acceptors (Lipinski definition) is 0. The largest absolute Gasteiger partial charge is 0.275 e. The van der Waals surface area contributed by atoms with Gasteiger partial charge in [-0.1, -0.05) is 0 Å². The normalized spacial score (nSPS) is 6.00. The lowest BCUT2D eigenvalue weighted by Crippen LogP contribution is -2.03. The molecule has 0 amide bonds. The molecule has 0 atom stereocenters. The average Bonchev–Trinajstić information content (AvgIpc) is 1.90. The Hall–Kier alpha value is -1.10. The van der Waals surface area contributed by atoms with Crippen molar-refractivity contribution in [1.82, 2.24) is 0 Å². The van der Waals surface area contributed by atoms with E-state index < -0.39 is 8.80 Å². The summed E-state index contributed by atoms with van der Waals surface area (Å²) >= 11 is 0. The van der Waals surface area contributed by atoms with E-state index in [9.17, 15) is 0 Å². The fourth-order valence-electron chi connectivity index (χ4n) is 0.541. The molecule has 1 heteroatoms. The van der Waals surface area contributed by atoms with Crippen LogP contribution in [0.3, 0.4) is 0 Å². The molecule has 50 valence electrons. The minimum Gasteiger partial charge on any atom is -0.112 e. The Morgan fingerprint density at radius 3 is 1.20 bits per heavy atom. The van der Waals surface area contributed by atoms with Crippen molar-refractivity contribution in [2.45, 2.75) is 20.8 Å². The van der Waals surface area contributed by atoms with Gasteiger partial charge in [-0.15, -0.1) is 34.4 Å². The van der Waals surface area contributed by atoms with E-state index in [1.165, 1.54) is 0 Å². The molecule has 0 aliphatic carbocycles. The first-order valence-electron chi connectivity index (χ1n) is 3.12. The maximum absolute atomic E-state index is 3.03. The lowest BCUT2D eigenvalue weighted by molar-refractivity contribution is 1.91. The predicted octanol–water partition coefficient (Wildman–Crippen LogP) is 0.901. The lowest BCUT2D eigenvalue weighted by atomic mass is 10.8. The van der Waals surface area contributed by atoms with Crippen molar-refractivity contribution >= 4 is 8.80 Å². The zero-order chi connectivity index (χ0) is 7.82. The van der Waals surface area contributed by atoms with Crippen molar-refractivity contribution in [2.75, 3.05) is 0 Å². The molecule has 0 aliphatic heterocycles. The Morgan fingerprint density at radius 2 is 1.00 bits per heavy atom. The highest BCUT2D eigenvalue weighted by atomic mass is 28.3. The van der Waals surface area contributed by atoms with Gasteiger partial charge in [0, 0.05) is 0 Å². The third-order valence-corrected chi connectivity index (χ3v) is 2.60. The molecule has 0 nitrogen and oxygen atoms in total. The summed E-state index contributed by atoms with van der Waals surface area (Å²) in [4.78, 5) is 0. The molecule has 0 bridgehead atoms. The smallest absolute Gasteiger partial charge is 0.112 e. The molecule has 0 unspecified atom stereocenters. The standard InChI is InChI=1S/C9H10Si/c1-4-7-10(8-5-2)9-6-3/h10H,1-3H3. The van der Waals surface area contributed by atoms with E-state index in [0.717, 1.165) is 0 Å². The first-order chi connectivity index (χ1) is 4.85. The van der Waals surface area contributed by atoms with Gasteiger partial charge in [0.15, 0.2) is 0 Å². The molecule has 0 aliphatic rings. The molecule has 0 rings (SSSR count). The van der Waals surface area contributed by atoms with Crippen LogP contribution in [0.25, 0.3) is 0 Å². The van der Waals surface area contributed by atoms with Gasteiger partial charge in [0.05, 0.1) is 0 Å². The van der Waals surface area contributed by atoms with Gasteiger partial charge in [0.2, 0.25) is 0 Å². The van der Waals surface area contributed by atoms with E-state index in [1.54, 1.807) is 0 Å². The van der Waals surface area contributed by atoms with Gasteiger partial charge < -0.3 is 0 Å². The summed E-state index contributed by atoms with van der Waals surface area (Å²) in [6.07, 6.45) is 0. The van der Waals surface area contributed by atoms with Crippen molar-refractivity contribution < 1.29 is 0 Å². The van der Waals surface area contributed by atoms with E-state index in [2.05, 4.69) is 34.4 Å². The van der Waals surface area contributed by atoms with Crippen LogP contribution in [-0.2, 0) is 0 Å². The first kappa shape index (κ1) is 8.90. The molecule has 0 N–H and O–H groups in total. The zero-order valence-electron chi connectivity index (χ0n) is 6.58. The Bertz CT molecular complexity index is 209. The number of rotatable bonds is 0. The SMILES string of the molecule is CC#C[SiH](C#CC)C#CC. The van der Waals surface area contributed by atoms with Gasteiger partial charge in [-0.25, -0.2) is 0 Å². The van der Waals surface area contributed by atoms with E-state index >= 15 is 0 Å². The summed E-state index contributed by atoms with van der Waals surface area (Å²) in [5.41, 5.74) is 9.08. The molecular formula is C9H10Si. The van der Waals surface area contributed by atoms with E-state index in [4.69, 9.17) is 0 Å². The monoisotopic (exact) mass is 146 g/mol. The Morgan fingerprint density at radius 1 is 0.700 bits per heavy atom. The predicted molar refractivity (Wildman–Crippen MR) is 47.5 cm³/mol. The fourth-order valence-corrected chi connectivity index (χ4v) is 1.62. The Kier molecular flexibility index (Phi) is 5.36. The van der Waals surface area contributed by atoms with Crippen LogP contribution in [0, 0.1) is 34.4 Å². The maximum atomic E-state index is 3.03. The molecule has 0 saturated carbocycles. The third kappa shape index (κ3) is 3.85. The molecule has 10 heavy (non-hydrogen) atoms. The van der Waals surface area contributed by atoms with Gasteiger partial charge in [-0.3, -0.25) is 0 Å². The van der Waals surface area contributed by atoms with Crippen molar-refractivity contribution in [3.8, 4) is 34.4 Å². The fraction of sp³-hybridized carbons (Fsp3) is 0.333. The average molecular weight is 146 g/mol. The summed E-state index contributed by atoms with van der Waals surface area (Å²) < 4.78 is 0. The molecule has 0 aromatic heterocycles. The van der Waals surface area contributed by atoms with Crippen LogP contribution < -0.4 is 0 Å². The second-order valence-electron chi connectivity index (χ2n) is 1.62. The van der Waals surface area contributed by atoms with Crippen LogP contribution in [0.4, 0.5) is 0 Å². The molecule has 0 aromatic carbocycles. The summed E-state index contributed by atoms with van der Waals surface area (Å²) in [6, 6.07) is 0. The van der Waals surface area contributed by atoms with Gasteiger partial charge in [-0.2, -0.15) is 0 Å². The molecule has 0 radical (unpaired) electrons. The molecule has 0 heterocycles. The van der Waals surface area contributed by atoms with Crippen LogP contribution in [0.1, 0.15) is 20.8 Å². The lowest BCUT2D eigenvalue weighted by Gasteiger charge is -1.82. The van der Waals surface area contributed by atoms with Crippen molar-refractivity contribution in [3.05, 3.63) is 0 Å². The summed E-state index contributed by atoms with van der Waals surface area (Å²) in [7, 11) is -1.32. The van der Waals surface area contributed by atoms with Crippen LogP contribution in [0.2, 0.25) is 0 Å². The molecular weight excluding hydrogens is 136 g/mol. The van der Waals surface area contributed by atoms with E-state index in [-0.39, 0.29) is 0 Å². The van der Waals surface area contributed by atoms with Crippen molar-refractivity contribution in [1.29, 1.82) is 0 Å². The second kappa shape index (κ2) is 6.02. The topological polar surface area (TPSA) is 0 Å². The zero-order valence-corrected chi connectivity index (χ0v) is 7.73. The van der Waals surface area contributed by atoms with Gasteiger partial charge in [-0.05, 0) is 20.8 Å². The van der Waals surface area contributed by atoms with Crippen LogP contribution >= 0.6 is 0 Å².